The quantitative estimate of drug-likeness (QED) is 0.488. The van der Waals surface area contributed by atoms with Gasteiger partial charge < -0.3 is 4.74 Å². The predicted octanol–water partition coefficient (Wildman–Crippen LogP) is 6.88. The summed E-state index contributed by atoms with van der Waals surface area (Å²) in [6.45, 7) is 0.0731. The molecule has 0 radical (unpaired) electrons. The molecule has 1 aliphatic carbocycles. The molecule has 1 fully saturated rings. The van der Waals surface area contributed by atoms with Crippen LogP contribution in [0.25, 0.3) is 10.9 Å². The van der Waals surface area contributed by atoms with Crippen molar-refractivity contribution in [1.29, 1.82) is 0 Å². The lowest BCUT2D eigenvalue weighted by molar-refractivity contribution is -0.138. The molecule has 1 heterocycles. The lowest BCUT2D eigenvalue weighted by atomic mass is 9.81. The predicted molar refractivity (Wildman–Crippen MR) is 103 cm³/mol. The lowest BCUT2D eigenvalue weighted by Gasteiger charge is -2.25. The van der Waals surface area contributed by atoms with E-state index in [1.54, 1.807) is 24.4 Å². The van der Waals surface area contributed by atoms with E-state index in [-0.39, 0.29) is 12.5 Å². The van der Waals surface area contributed by atoms with Gasteiger partial charge in [0.25, 0.3) is 0 Å². The zero-order valence-electron chi connectivity index (χ0n) is 15.5. The minimum absolute atomic E-state index is 0.00242. The Morgan fingerprint density at radius 3 is 2.54 bits per heavy atom. The second-order valence-electron chi connectivity index (χ2n) is 7.37. The maximum atomic E-state index is 13.7. The molecule has 1 aliphatic rings. The SMILES string of the molecule is FC(F)(F)c1cc(COc2cccc3cccnc23)ccc1C1CCCCC1. The Morgan fingerprint density at radius 1 is 0.964 bits per heavy atom. The number of fused-ring (bicyclic) bond motifs is 1. The van der Waals surface area contributed by atoms with Crippen molar-refractivity contribution in [1.82, 2.24) is 4.98 Å². The lowest BCUT2D eigenvalue weighted by Crippen LogP contribution is -2.15. The molecule has 0 N–H and O–H groups in total. The van der Waals surface area contributed by atoms with Crippen molar-refractivity contribution < 1.29 is 17.9 Å². The van der Waals surface area contributed by atoms with E-state index in [9.17, 15) is 13.2 Å². The first kappa shape index (κ1) is 18.8. The fourth-order valence-corrected chi connectivity index (χ4v) is 4.06. The fraction of sp³-hybridized carbons (Fsp3) is 0.348. The van der Waals surface area contributed by atoms with Crippen molar-refractivity contribution >= 4 is 10.9 Å². The molecule has 4 rings (SSSR count). The number of halogens is 3. The van der Waals surface area contributed by atoms with Gasteiger partial charge in [0.15, 0.2) is 0 Å². The number of hydrogen-bond acceptors (Lipinski definition) is 2. The molecule has 5 heteroatoms. The van der Waals surface area contributed by atoms with Crippen molar-refractivity contribution in [3.05, 3.63) is 71.4 Å². The summed E-state index contributed by atoms with van der Waals surface area (Å²) in [7, 11) is 0. The van der Waals surface area contributed by atoms with Crippen LogP contribution in [0.1, 0.15) is 54.7 Å². The highest BCUT2D eigenvalue weighted by Crippen LogP contribution is 2.41. The molecule has 0 amide bonds. The zero-order chi connectivity index (χ0) is 19.6. The van der Waals surface area contributed by atoms with Gasteiger partial charge in [0.1, 0.15) is 17.9 Å². The van der Waals surface area contributed by atoms with E-state index in [0.717, 1.165) is 37.5 Å². The molecule has 0 bridgehead atoms. The average Bonchev–Trinajstić information content (AvgIpc) is 2.72. The monoisotopic (exact) mass is 385 g/mol. The zero-order valence-corrected chi connectivity index (χ0v) is 15.5. The molecule has 2 nitrogen and oxygen atoms in total. The number of hydrogen-bond donors (Lipinski definition) is 0. The van der Waals surface area contributed by atoms with Crippen molar-refractivity contribution in [2.75, 3.05) is 0 Å². The van der Waals surface area contributed by atoms with Gasteiger partial charge in [-0.1, -0.05) is 49.6 Å². The van der Waals surface area contributed by atoms with Gasteiger partial charge in [-0.15, -0.1) is 0 Å². The van der Waals surface area contributed by atoms with Crippen LogP contribution in [0.3, 0.4) is 0 Å². The van der Waals surface area contributed by atoms with Crippen LogP contribution in [0.15, 0.2) is 54.7 Å². The normalized spacial score (nSPS) is 15.7. The number of nitrogens with zero attached hydrogens (tertiary/aromatic N) is 1. The number of alkyl halides is 3. The van der Waals surface area contributed by atoms with Gasteiger partial charge in [-0.2, -0.15) is 13.2 Å². The van der Waals surface area contributed by atoms with Crippen LogP contribution in [0.2, 0.25) is 0 Å². The molecule has 146 valence electrons. The Bertz CT molecular complexity index is 956. The van der Waals surface area contributed by atoms with Gasteiger partial charge in [0.05, 0.1) is 5.56 Å². The average molecular weight is 385 g/mol. The van der Waals surface area contributed by atoms with Gasteiger partial charge in [-0.05, 0) is 48.1 Å². The highest BCUT2D eigenvalue weighted by atomic mass is 19.4. The third-order valence-corrected chi connectivity index (χ3v) is 5.46. The number of aromatic nitrogens is 1. The van der Waals surface area contributed by atoms with Crippen LogP contribution in [0, 0.1) is 0 Å². The second kappa shape index (κ2) is 7.82. The molecule has 2 aromatic carbocycles. The van der Waals surface area contributed by atoms with Crippen molar-refractivity contribution in [3.8, 4) is 5.75 Å². The molecule has 0 spiro atoms. The minimum Gasteiger partial charge on any atom is -0.487 e. The second-order valence-corrected chi connectivity index (χ2v) is 7.37. The summed E-state index contributed by atoms with van der Waals surface area (Å²) in [6.07, 6.45) is 2.10. The van der Waals surface area contributed by atoms with Crippen molar-refractivity contribution in [3.63, 3.8) is 0 Å². The maximum absolute atomic E-state index is 13.7. The Balaban J connectivity index is 1.59. The highest BCUT2D eigenvalue weighted by molar-refractivity contribution is 5.84. The molecule has 1 saturated carbocycles. The van der Waals surface area contributed by atoms with Crippen LogP contribution in [0.4, 0.5) is 13.2 Å². The summed E-state index contributed by atoms with van der Waals surface area (Å²) in [5.74, 6) is 0.575. The number of rotatable bonds is 4. The van der Waals surface area contributed by atoms with Crippen LogP contribution < -0.4 is 4.74 Å². The van der Waals surface area contributed by atoms with Crippen molar-refractivity contribution in [2.45, 2.75) is 50.8 Å². The number of pyridine rings is 1. The Kier molecular flexibility index (Phi) is 5.25. The van der Waals surface area contributed by atoms with E-state index in [0.29, 0.717) is 22.4 Å². The van der Waals surface area contributed by atoms with Gasteiger partial charge in [0.2, 0.25) is 0 Å². The van der Waals surface area contributed by atoms with Gasteiger partial charge in [-0.3, -0.25) is 4.98 Å². The van der Waals surface area contributed by atoms with E-state index < -0.39 is 11.7 Å². The maximum Gasteiger partial charge on any atom is 0.416 e. The first-order chi connectivity index (χ1) is 13.5. The minimum atomic E-state index is -4.36. The van der Waals surface area contributed by atoms with Gasteiger partial charge in [0, 0.05) is 11.6 Å². The molecule has 28 heavy (non-hydrogen) atoms. The van der Waals surface area contributed by atoms with E-state index >= 15 is 0 Å². The van der Waals surface area contributed by atoms with Crippen molar-refractivity contribution in [2.24, 2.45) is 0 Å². The molecule has 1 aromatic heterocycles. The smallest absolute Gasteiger partial charge is 0.416 e. The van der Waals surface area contributed by atoms with E-state index in [1.165, 1.54) is 6.07 Å². The molecular formula is C23H22F3NO. The standard InChI is InChI=1S/C23H22F3NO/c24-23(25,26)20-14-16(11-12-19(20)17-6-2-1-3-7-17)15-28-21-10-4-8-18-9-5-13-27-22(18)21/h4-5,8-14,17H,1-3,6-7,15H2. The number of ether oxygens (including phenoxy) is 1. The third-order valence-electron chi connectivity index (χ3n) is 5.46. The summed E-state index contributed by atoms with van der Waals surface area (Å²) in [6, 6.07) is 14.0. The third kappa shape index (κ3) is 3.98. The van der Waals surface area contributed by atoms with Crippen LogP contribution >= 0.6 is 0 Å². The Hall–Kier alpha value is -2.56. The van der Waals surface area contributed by atoms with Crippen LogP contribution in [-0.4, -0.2) is 4.98 Å². The molecule has 3 aromatic rings. The summed E-state index contributed by atoms with van der Waals surface area (Å²) in [5, 5.41) is 0.934. The van der Waals surface area contributed by atoms with Crippen LogP contribution in [0.5, 0.6) is 5.75 Å². The van der Waals surface area contributed by atoms with Gasteiger partial charge >= 0.3 is 6.18 Å². The molecule has 0 atom stereocenters. The van der Waals surface area contributed by atoms with Crippen LogP contribution in [-0.2, 0) is 12.8 Å². The van der Waals surface area contributed by atoms with Gasteiger partial charge in [-0.25, -0.2) is 0 Å². The molecule has 0 unspecified atom stereocenters. The van der Waals surface area contributed by atoms with E-state index in [2.05, 4.69) is 4.98 Å². The Labute approximate surface area is 162 Å². The molecule has 0 saturated heterocycles. The summed E-state index contributed by atoms with van der Waals surface area (Å²) in [4.78, 5) is 4.32. The summed E-state index contributed by atoms with van der Waals surface area (Å²) >= 11 is 0. The summed E-state index contributed by atoms with van der Waals surface area (Å²) < 4.78 is 46.9. The topological polar surface area (TPSA) is 22.1 Å². The molecule has 0 aliphatic heterocycles. The number of benzene rings is 2. The highest BCUT2D eigenvalue weighted by Gasteiger charge is 2.35. The largest absolute Gasteiger partial charge is 0.487 e. The summed E-state index contributed by atoms with van der Waals surface area (Å²) in [5.41, 5.74) is 1.14. The van der Waals surface area contributed by atoms with E-state index in [4.69, 9.17) is 4.74 Å². The number of para-hydroxylation sites is 1. The fourth-order valence-electron chi connectivity index (χ4n) is 4.06. The van der Waals surface area contributed by atoms with E-state index in [1.807, 2.05) is 24.3 Å². The molecular weight excluding hydrogens is 363 g/mol. The first-order valence-electron chi connectivity index (χ1n) is 9.69. The first-order valence-corrected chi connectivity index (χ1v) is 9.69. The Morgan fingerprint density at radius 2 is 1.75 bits per heavy atom.